The van der Waals surface area contributed by atoms with Crippen molar-refractivity contribution in [1.29, 1.82) is 11.1 Å². The number of ether oxygens (including phenoxy) is 1. The topological polar surface area (TPSA) is 131 Å². The molecule has 9 nitrogen and oxygen atoms in total. The maximum absolute atomic E-state index is 13.6. The van der Waals surface area contributed by atoms with Crippen LogP contribution in [0.5, 0.6) is 5.75 Å². The molecule has 0 aliphatic heterocycles. The second kappa shape index (κ2) is 13.0. The fourth-order valence-electron chi connectivity index (χ4n) is 5.06. The van der Waals surface area contributed by atoms with Crippen LogP contribution in [0.4, 0.5) is 13.2 Å². The number of alkyl halides is 3. The van der Waals surface area contributed by atoms with Crippen molar-refractivity contribution in [2.24, 2.45) is 21.6 Å². The normalized spacial score (nSPS) is 18.4. The molecule has 1 aliphatic rings. The summed E-state index contributed by atoms with van der Waals surface area (Å²) in [7, 11) is 0. The van der Waals surface area contributed by atoms with E-state index in [2.05, 4.69) is 41.1 Å². The monoisotopic (exact) mass is 560 g/mol. The van der Waals surface area contributed by atoms with Crippen LogP contribution in [-0.4, -0.2) is 35.4 Å². The average molecular weight is 561 g/mol. The third-order valence-corrected chi connectivity index (χ3v) is 7.24. The maximum atomic E-state index is 13.6. The van der Waals surface area contributed by atoms with E-state index in [0.29, 0.717) is 11.5 Å². The van der Waals surface area contributed by atoms with Gasteiger partial charge in [0.1, 0.15) is 5.75 Å². The standard InChI is InChI=1S/C28H35F3N6O3/c1-27(2,3)21-11-13-22(14-12-21)37(24(38)16-19-5-4-6-23(15-19)40-28(29,30)31)17-18-7-9-20(10-8-18)25(39)34-26(35-32)36-33/h4-10,15,21-22,26,32-33H,11-14,16-17H2,1-3H3,(H,34,39). The van der Waals surface area contributed by atoms with Crippen molar-refractivity contribution in [1.82, 2.24) is 10.2 Å². The number of halogens is 3. The molecule has 2 amide bonds. The molecule has 1 saturated carbocycles. The van der Waals surface area contributed by atoms with Crippen LogP contribution in [0.15, 0.2) is 58.8 Å². The summed E-state index contributed by atoms with van der Waals surface area (Å²) in [5, 5.41) is 8.40. The van der Waals surface area contributed by atoms with Crippen molar-refractivity contribution in [3.8, 4) is 5.75 Å². The minimum atomic E-state index is -4.82. The summed E-state index contributed by atoms with van der Waals surface area (Å²) in [5.41, 5.74) is 15.5. The SMILES string of the molecule is CC(C)(C)C1CCC(N(Cc2ccc(C(=O)NC(N=N)N=N)cc2)C(=O)Cc2cccc(OC(F)(F)F)c2)CC1. The summed E-state index contributed by atoms with van der Waals surface area (Å²) in [4.78, 5) is 27.7. The second-order valence-electron chi connectivity index (χ2n) is 11.1. The number of amides is 2. The van der Waals surface area contributed by atoms with E-state index >= 15 is 0 Å². The van der Waals surface area contributed by atoms with Gasteiger partial charge in [0.15, 0.2) is 0 Å². The maximum Gasteiger partial charge on any atom is 0.573 e. The number of nitrogens with one attached hydrogen (secondary N) is 3. The van der Waals surface area contributed by atoms with Gasteiger partial charge in [-0.15, -0.1) is 23.4 Å². The van der Waals surface area contributed by atoms with E-state index in [0.717, 1.165) is 31.2 Å². The summed E-state index contributed by atoms with van der Waals surface area (Å²) in [6.45, 7) is 6.92. The fourth-order valence-corrected chi connectivity index (χ4v) is 5.06. The quantitative estimate of drug-likeness (QED) is 0.275. The van der Waals surface area contributed by atoms with E-state index in [1.165, 1.54) is 18.2 Å². The van der Waals surface area contributed by atoms with Crippen LogP contribution in [0.2, 0.25) is 0 Å². The predicted octanol–water partition coefficient (Wildman–Crippen LogP) is 6.84. The van der Waals surface area contributed by atoms with Crippen molar-refractivity contribution in [3.05, 3.63) is 65.2 Å². The van der Waals surface area contributed by atoms with Crippen LogP contribution in [0.1, 0.15) is 67.9 Å². The van der Waals surface area contributed by atoms with Gasteiger partial charge in [-0.1, -0.05) is 45.0 Å². The molecule has 2 aromatic rings. The Hall–Kier alpha value is -3.83. The highest BCUT2D eigenvalue weighted by atomic mass is 19.4. The van der Waals surface area contributed by atoms with Gasteiger partial charge in [0.05, 0.1) is 6.42 Å². The molecule has 0 atom stereocenters. The second-order valence-corrected chi connectivity index (χ2v) is 11.1. The van der Waals surface area contributed by atoms with Gasteiger partial charge in [-0.2, -0.15) is 0 Å². The lowest BCUT2D eigenvalue weighted by Gasteiger charge is -2.41. The molecular formula is C28H35F3N6O3. The molecule has 1 aliphatic carbocycles. The molecule has 3 N–H and O–H groups in total. The van der Waals surface area contributed by atoms with E-state index < -0.39 is 18.6 Å². The number of benzene rings is 2. The Balaban J connectivity index is 1.78. The van der Waals surface area contributed by atoms with Crippen LogP contribution in [0, 0.1) is 22.4 Å². The number of hydrogen-bond acceptors (Lipinski definition) is 7. The summed E-state index contributed by atoms with van der Waals surface area (Å²) >= 11 is 0. The van der Waals surface area contributed by atoms with Gasteiger partial charge >= 0.3 is 6.36 Å². The lowest BCUT2D eigenvalue weighted by atomic mass is 9.71. The molecule has 0 saturated heterocycles. The van der Waals surface area contributed by atoms with Gasteiger partial charge in [-0.05, 0) is 72.4 Å². The zero-order chi connectivity index (χ0) is 29.5. The molecule has 0 unspecified atom stereocenters. The van der Waals surface area contributed by atoms with Crippen molar-refractivity contribution in [2.75, 3.05) is 0 Å². The summed E-state index contributed by atoms with van der Waals surface area (Å²) < 4.78 is 42.1. The Morgan fingerprint density at radius 1 is 1.00 bits per heavy atom. The third kappa shape index (κ3) is 8.85. The first-order valence-corrected chi connectivity index (χ1v) is 13.1. The third-order valence-electron chi connectivity index (χ3n) is 7.24. The zero-order valence-corrected chi connectivity index (χ0v) is 22.8. The van der Waals surface area contributed by atoms with E-state index in [4.69, 9.17) is 11.1 Å². The van der Waals surface area contributed by atoms with Gasteiger partial charge in [0.2, 0.25) is 5.91 Å². The molecule has 12 heteroatoms. The smallest absolute Gasteiger partial charge is 0.406 e. The van der Waals surface area contributed by atoms with Crippen molar-refractivity contribution >= 4 is 11.8 Å². The first-order chi connectivity index (χ1) is 18.8. The Morgan fingerprint density at radius 2 is 1.62 bits per heavy atom. The number of hydrogen-bond donors (Lipinski definition) is 3. The van der Waals surface area contributed by atoms with E-state index in [9.17, 15) is 22.8 Å². The molecule has 1 fully saturated rings. The molecule has 2 aromatic carbocycles. The lowest BCUT2D eigenvalue weighted by Crippen LogP contribution is -2.43. The van der Waals surface area contributed by atoms with Crippen LogP contribution in [0.25, 0.3) is 0 Å². The van der Waals surface area contributed by atoms with Crippen molar-refractivity contribution in [3.63, 3.8) is 0 Å². The molecule has 0 aromatic heterocycles. The molecule has 40 heavy (non-hydrogen) atoms. The first-order valence-electron chi connectivity index (χ1n) is 13.1. The molecule has 216 valence electrons. The van der Waals surface area contributed by atoms with Crippen LogP contribution < -0.4 is 10.1 Å². The van der Waals surface area contributed by atoms with Gasteiger partial charge in [0.25, 0.3) is 12.2 Å². The summed E-state index contributed by atoms with van der Waals surface area (Å²) in [5.74, 6) is -0.591. The zero-order valence-electron chi connectivity index (χ0n) is 22.8. The highest BCUT2D eigenvalue weighted by Gasteiger charge is 2.34. The predicted molar refractivity (Wildman–Crippen MR) is 141 cm³/mol. The summed E-state index contributed by atoms with van der Waals surface area (Å²) in [6.07, 6.45) is -2.62. The van der Waals surface area contributed by atoms with E-state index in [1.807, 2.05) is 0 Å². The average Bonchev–Trinajstić information content (AvgIpc) is 2.89. The van der Waals surface area contributed by atoms with Gasteiger partial charge in [0, 0.05) is 18.2 Å². The Labute approximate surface area is 231 Å². The minimum Gasteiger partial charge on any atom is -0.406 e. The van der Waals surface area contributed by atoms with Gasteiger partial charge < -0.3 is 15.0 Å². The number of nitrogens with zero attached hydrogens (tertiary/aromatic N) is 3. The van der Waals surface area contributed by atoms with Gasteiger partial charge in [-0.25, -0.2) is 11.1 Å². The molecule has 0 heterocycles. The van der Waals surface area contributed by atoms with Crippen LogP contribution in [-0.2, 0) is 17.8 Å². The Morgan fingerprint density at radius 3 is 2.17 bits per heavy atom. The molecule has 0 radical (unpaired) electrons. The molecule has 0 bridgehead atoms. The Kier molecular flexibility index (Phi) is 9.99. The highest BCUT2D eigenvalue weighted by Crippen LogP contribution is 2.39. The Bertz CT molecular complexity index is 1180. The van der Waals surface area contributed by atoms with E-state index in [-0.39, 0.29) is 41.6 Å². The molecule has 3 rings (SSSR count). The molecular weight excluding hydrogens is 525 g/mol. The van der Waals surface area contributed by atoms with Crippen LogP contribution >= 0.6 is 0 Å². The lowest BCUT2D eigenvalue weighted by molar-refractivity contribution is -0.274. The number of carbonyl (C=O) groups is 2. The largest absolute Gasteiger partial charge is 0.573 e. The van der Waals surface area contributed by atoms with Gasteiger partial charge in [-0.3, -0.25) is 9.59 Å². The number of rotatable bonds is 10. The highest BCUT2D eigenvalue weighted by molar-refractivity contribution is 5.94. The summed E-state index contributed by atoms with van der Waals surface area (Å²) in [6, 6.07) is 12.0. The van der Waals surface area contributed by atoms with Crippen molar-refractivity contribution in [2.45, 2.75) is 78.1 Å². The van der Waals surface area contributed by atoms with Crippen molar-refractivity contribution < 1.29 is 27.5 Å². The number of carbonyl (C=O) groups excluding carboxylic acids is 2. The molecule has 0 spiro atoms. The fraction of sp³-hybridized carbons (Fsp3) is 0.500. The first kappa shape index (κ1) is 30.7. The van der Waals surface area contributed by atoms with E-state index in [1.54, 1.807) is 35.2 Å². The van der Waals surface area contributed by atoms with Crippen LogP contribution in [0.3, 0.4) is 0 Å². The minimum absolute atomic E-state index is 0.0261.